The van der Waals surface area contributed by atoms with E-state index in [-0.39, 0.29) is 13.7 Å². The van der Waals surface area contributed by atoms with Crippen molar-refractivity contribution < 1.29 is 11.1 Å². The second-order valence-electron chi connectivity index (χ2n) is 17.3. The Morgan fingerprint density at radius 2 is 0.562 bits per heavy atom. The minimum absolute atomic E-state index is 0.263. The van der Waals surface area contributed by atoms with E-state index in [0.29, 0.717) is 0 Å². The number of hydrogen-bond acceptors (Lipinski definition) is 4. The van der Waals surface area contributed by atoms with Crippen LogP contribution in [0.4, 0.5) is 0 Å². The average molecular weight is 894 g/mol. The fourth-order valence-electron chi connectivity index (χ4n) is 7.80. The summed E-state index contributed by atoms with van der Waals surface area (Å²) in [6.07, 6.45) is 0. The Morgan fingerprint density at radius 3 is 0.750 bits per heavy atom. The van der Waals surface area contributed by atoms with Crippen LogP contribution in [0, 0.1) is 0 Å². The fourth-order valence-corrected chi connectivity index (χ4v) is 95.2. The summed E-state index contributed by atoms with van der Waals surface area (Å²) in [5.41, 5.74) is 0. The van der Waals surface area contributed by atoms with Gasteiger partial charge in [0.1, 0.15) is 0 Å². The van der Waals surface area contributed by atoms with Gasteiger partial charge in [0, 0.05) is 0 Å². The first-order valence-corrected chi connectivity index (χ1v) is 31.3. The molecule has 0 bridgehead atoms. The Morgan fingerprint density at radius 1 is 0.354 bits per heavy atom. The monoisotopic (exact) mass is 896 g/mol. The number of hydrogen-bond donors (Lipinski definition) is 0. The summed E-state index contributed by atoms with van der Waals surface area (Å²) >= 11 is -9.04. The van der Waals surface area contributed by atoms with E-state index in [4.69, 9.17) is 11.1 Å². The van der Waals surface area contributed by atoms with Crippen molar-refractivity contribution in [3.8, 4) is 0 Å². The first-order chi connectivity index (χ1) is 22.2. The van der Waals surface area contributed by atoms with Crippen molar-refractivity contribution >= 4 is 76.3 Å². The Kier molecular flexibility index (Phi) is 10.6. The Labute approximate surface area is 303 Å². The van der Waals surface area contributed by atoms with Crippen LogP contribution in [-0.2, 0) is 11.1 Å². The van der Waals surface area contributed by atoms with E-state index >= 15 is 0 Å². The van der Waals surface area contributed by atoms with Crippen LogP contribution in [0.2, 0.25) is 13.7 Å². The molecule has 0 aromatic heterocycles. The van der Waals surface area contributed by atoms with Crippen LogP contribution >= 0.6 is 0 Å². The van der Waals surface area contributed by atoms with Gasteiger partial charge in [0.05, 0.1) is 0 Å². The molecule has 1 heterocycles. The van der Waals surface area contributed by atoms with E-state index in [9.17, 15) is 0 Å². The van der Waals surface area contributed by atoms with Gasteiger partial charge in [-0.1, -0.05) is 0 Å². The van der Waals surface area contributed by atoms with Gasteiger partial charge in [0.15, 0.2) is 0 Å². The van der Waals surface area contributed by atoms with E-state index in [2.05, 4.69) is 204 Å². The number of rotatable bonds is 4. The summed E-state index contributed by atoms with van der Waals surface area (Å²) in [4.78, 5) is 0. The molecule has 0 aliphatic carbocycles. The summed E-state index contributed by atoms with van der Waals surface area (Å²) in [5, 5.41) is 4.32. The van der Waals surface area contributed by atoms with E-state index in [1.54, 1.807) is 0 Å². The molecule has 0 unspecified atom stereocenters. The molecule has 4 nitrogen and oxygen atoms in total. The van der Waals surface area contributed by atoms with Gasteiger partial charge in [-0.25, -0.2) is 0 Å². The molecule has 0 amide bonds. The van der Waals surface area contributed by atoms with Gasteiger partial charge < -0.3 is 0 Å². The van der Waals surface area contributed by atoms with E-state index in [1.807, 2.05) is 0 Å². The van der Waals surface area contributed by atoms with Gasteiger partial charge in [0.2, 0.25) is 0 Å². The van der Waals surface area contributed by atoms with Crippen molar-refractivity contribution in [1.82, 2.24) is 0 Å². The minimum atomic E-state index is -4.52. The summed E-state index contributed by atoms with van der Waals surface area (Å²) in [6.45, 7) is 28.2. The summed E-state index contributed by atoms with van der Waals surface area (Å²) < 4.78 is 32.6. The molecule has 4 aromatic rings. The molecule has 5 rings (SSSR count). The molecule has 0 N–H and O–H groups in total. The van der Waals surface area contributed by atoms with Crippen LogP contribution < -0.4 is 20.7 Å². The first-order valence-electron chi connectivity index (χ1n) is 17.3. The summed E-state index contributed by atoms with van der Waals surface area (Å²) in [6, 6.07) is 43.0. The molecule has 1 aliphatic rings. The molecular weight excluding hydrogens is 838 g/mol. The van der Waals surface area contributed by atoms with Crippen molar-refractivity contribution in [2.24, 2.45) is 0 Å². The third kappa shape index (κ3) is 6.51. The van der Waals surface area contributed by atoms with Gasteiger partial charge in [-0.05, 0) is 0 Å². The number of benzene rings is 4. The van der Waals surface area contributed by atoms with Crippen LogP contribution in [0.25, 0.3) is 0 Å². The molecule has 8 heteroatoms. The SMILES string of the molecule is C[C](C)(C)[Sn]1([C](C)(C)C)[O][Si](c2ccccc2)(c2ccccc2)O[Si](c2ccccc2)(c2ccccc2)[O][Sn]([C](C)(C)C)([C](C)(C)C)[O]1. The van der Waals surface area contributed by atoms with Gasteiger partial charge in [-0.3, -0.25) is 0 Å². The van der Waals surface area contributed by atoms with Crippen LogP contribution in [0.5, 0.6) is 0 Å². The molecule has 0 saturated carbocycles. The molecule has 1 fully saturated rings. The zero-order valence-corrected chi connectivity index (χ0v) is 38.9. The summed E-state index contributed by atoms with van der Waals surface area (Å²) in [7, 11) is -7.23. The molecule has 1 aliphatic heterocycles. The molecule has 0 radical (unpaired) electrons. The maximum absolute atomic E-state index is 8.49. The predicted octanol–water partition coefficient (Wildman–Crippen LogP) is 8.66. The van der Waals surface area contributed by atoms with Crippen molar-refractivity contribution in [2.45, 2.75) is 96.8 Å². The van der Waals surface area contributed by atoms with E-state index in [0.717, 1.165) is 20.7 Å². The van der Waals surface area contributed by atoms with Gasteiger partial charge in [-0.2, -0.15) is 0 Å². The zero-order valence-electron chi connectivity index (χ0n) is 31.2. The Bertz CT molecular complexity index is 1430. The molecule has 48 heavy (non-hydrogen) atoms. The standard InChI is InChI=1S/C24H20O3Si2.4C4H9.O.2Sn/c25-28(21-13-5-1-6-14-21,22-15-7-2-8-16-22)27-29(26,23-17-9-3-10-18-23)24-19-11-4-12-20-24;4*1-4(2)3;;;/h1-20H;4*1-3H3;;;/q-2;;;;;;2*+1. The molecule has 1 saturated heterocycles. The van der Waals surface area contributed by atoms with E-state index in [1.165, 1.54) is 0 Å². The third-order valence-corrected chi connectivity index (χ3v) is 62.6. The van der Waals surface area contributed by atoms with Gasteiger partial charge in [0.25, 0.3) is 0 Å². The molecule has 4 aromatic carbocycles. The third-order valence-electron chi connectivity index (χ3n) is 9.71. The quantitative estimate of drug-likeness (QED) is 0.193. The Balaban J connectivity index is 2.07. The average Bonchev–Trinajstić information content (AvgIpc) is 3.01. The van der Waals surface area contributed by atoms with Crippen LogP contribution in [-0.4, -0.2) is 55.5 Å². The van der Waals surface area contributed by atoms with Crippen molar-refractivity contribution in [2.75, 3.05) is 0 Å². The second-order valence-corrected chi connectivity index (χ2v) is 55.5. The van der Waals surface area contributed by atoms with Crippen LogP contribution in [0.15, 0.2) is 121 Å². The first kappa shape index (κ1) is 38.0. The Hall–Kier alpha value is -1.25. The van der Waals surface area contributed by atoms with E-state index < -0.39 is 55.5 Å². The van der Waals surface area contributed by atoms with Gasteiger partial charge >= 0.3 is 305 Å². The summed E-state index contributed by atoms with van der Waals surface area (Å²) in [5.74, 6) is 0. The van der Waals surface area contributed by atoms with Crippen LogP contribution in [0.3, 0.4) is 0 Å². The molecule has 0 atom stereocenters. The zero-order chi connectivity index (χ0) is 35.3. The molecular formula is C40H56O4Si2Sn2. The fraction of sp³-hybridized carbons (Fsp3) is 0.400. The topological polar surface area (TPSA) is 36.9 Å². The van der Waals surface area contributed by atoms with Crippen LogP contribution in [0.1, 0.15) is 83.1 Å². The van der Waals surface area contributed by atoms with Crippen molar-refractivity contribution in [1.29, 1.82) is 0 Å². The second kappa shape index (κ2) is 13.4. The maximum atomic E-state index is 8.49. The van der Waals surface area contributed by atoms with Crippen molar-refractivity contribution in [3.05, 3.63) is 121 Å². The normalized spacial score (nSPS) is 19.6. The van der Waals surface area contributed by atoms with Crippen molar-refractivity contribution in [3.63, 3.8) is 0 Å². The molecule has 256 valence electrons. The predicted molar refractivity (Wildman–Crippen MR) is 211 cm³/mol. The van der Waals surface area contributed by atoms with Gasteiger partial charge in [-0.15, -0.1) is 0 Å². The molecule has 0 spiro atoms.